The summed E-state index contributed by atoms with van der Waals surface area (Å²) >= 11 is 0. The van der Waals surface area contributed by atoms with Crippen LogP contribution in [-0.4, -0.2) is 50.4 Å². The second kappa shape index (κ2) is 8.25. The molecule has 0 bridgehead atoms. The number of ether oxygens (including phenoxy) is 1. The molecule has 4 nitrogen and oxygen atoms in total. The van der Waals surface area contributed by atoms with Gasteiger partial charge in [-0.15, -0.1) is 0 Å². The molecular weight excluding hydrogens is 252 g/mol. The van der Waals surface area contributed by atoms with Crippen LogP contribution in [0.3, 0.4) is 0 Å². The van der Waals surface area contributed by atoms with E-state index >= 15 is 0 Å². The molecule has 0 aliphatic rings. The van der Waals surface area contributed by atoms with Gasteiger partial charge in [-0.05, 0) is 45.1 Å². The lowest BCUT2D eigenvalue weighted by molar-refractivity contribution is 0.171. The zero-order valence-corrected chi connectivity index (χ0v) is 13.1. The third-order valence-corrected chi connectivity index (χ3v) is 3.35. The Hall–Kier alpha value is -1.10. The van der Waals surface area contributed by atoms with Crippen LogP contribution in [0, 0.1) is 0 Å². The van der Waals surface area contributed by atoms with E-state index in [-0.39, 0.29) is 6.61 Å². The number of hydrogen-bond acceptors (Lipinski definition) is 4. The smallest absolute Gasteiger partial charge is 0.119 e. The van der Waals surface area contributed by atoms with Crippen molar-refractivity contribution in [3.63, 3.8) is 0 Å². The molecule has 0 aliphatic carbocycles. The van der Waals surface area contributed by atoms with E-state index in [0.717, 1.165) is 37.4 Å². The first-order valence-electron chi connectivity index (χ1n) is 7.26. The minimum atomic E-state index is -0.417. The van der Waals surface area contributed by atoms with Gasteiger partial charge in [0.1, 0.15) is 5.75 Å². The molecule has 2 N–H and O–H groups in total. The van der Waals surface area contributed by atoms with Gasteiger partial charge in [0.25, 0.3) is 0 Å². The molecule has 0 amide bonds. The van der Waals surface area contributed by atoms with Crippen molar-refractivity contribution in [2.24, 2.45) is 0 Å². The predicted octanol–water partition coefficient (Wildman–Crippen LogP) is 1.83. The number of aliphatic hydroxyl groups excluding tert-OH is 1. The van der Waals surface area contributed by atoms with Crippen molar-refractivity contribution in [2.45, 2.75) is 25.8 Å². The number of rotatable bonds is 9. The maximum Gasteiger partial charge on any atom is 0.119 e. The zero-order chi connectivity index (χ0) is 15.0. The Kier molecular flexibility index (Phi) is 6.99. The van der Waals surface area contributed by atoms with Crippen molar-refractivity contribution >= 4 is 0 Å². The van der Waals surface area contributed by atoms with Crippen LogP contribution in [0.5, 0.6) is 5.75 Å². The number of nitrogens with one attached hydrogen (secondary N) is 1. The fourth-order valence-corrected chi connectivity index (χ4v) is 1.94. The summed E-state index contributed by atoms with van der Waals surface area (Å²) in [7, 11) is 4.08. The van der Waals surface area contributed by atoms with Crippen molar-refractivity contribution < 1.29 is 9.84 Å². The first-order valence-corrected chi connectivity index (χ1v) is 7.26. The Morgan fingerprint density at radius 1 is 1.25 bits per heavy atom. The number of aliphatic hydroxyl groups is 1. The SMILES string of the molecule is CCCOc1ccc(C(C)(CO)NCCN(C)C)cc1. The van der Waals surface area contributed by atoms with Gasteiger partial charge in [-0.1, -0.05) is 19.1 Å². The molecular formula is C16H28N2O2. The first kappa shape index (κ1) is 17.0. The van der Waals surface area contributed by atoms with E-state index < -0.39 is 5.54 Å². The third-order valence-electron chi connectivity index (χ3n) is 3.35. The molecule has 4 heteroatoms. The fourth-order valence-electron chi connectivity index (χ4n) is 1.94. The second-order valence-corrected chi connectivity index (χ2v) is 5.59. The van der Waals surface area contributed by atoms with Crippen LogP contribution in [0.15, 0.2) is 24.3 Å². The predicted molar refractivity (Wildman–Crippen MR) is 83.2 cm³/mol. The number of likely N-dealkylation sites (N-methyl/N-ethyl adjacent to an activating group) is 1. The van der Waals surface area contributed by atoms with E-state index in [0.29, 0.717) is 0 Å². The van der Waals surface area contributed by atoms with Gasteiger partial charge in [0.15, 0.2) is 0 Å². The first-order chi connectivity index (χ1) is 9.51. The van der Waals surface area contributed by atoms with Crippen molar-refractivity contribution in [3.8, 4) is 5.75 Å². The van der Waals surface area contributed by atoms with Gasteiger partial charge in [0.2, 0.25) is 0 Å². The highest BCUT2D eigenvalue weighted by Gasteiger charge is 2.24. The fraction of sp³-hybridized carbons (Fsp3) is 0.625. The van der Waals surface area contributed by atoms with Crippen molar-refractivity contribution in [1.82, 2.24) is 10.2 Å². The quantitative estimate of drug-likeness (QED) is 0.724. The molecule has 0 radical (unpaired) electrons. The summed E-state index contributed by atoms with van der Waals surface area (Å²) in [5, 5.41) is 13.1. The molecule has 0 aromatic heterocycles. The number of hydrogen-bond donors (Lipinski definition) is 2. The molecule has 1 aromatic rings. The molecule has 0 spiro atoms. The van der Waals surface area contributed by atoms with Gasteiger partial charge in [-0.25, -0.2) is 0 Å². The largest absolute Gasteiger partial charge is 0.494 e. The zero-order valence-electron chi connectivity index (χ0n) is 13.1. The van der Waals surface area contributed by atoms with Gasteiger partial charge in [0, 0.05) is 13.1 Å². The summed E-state index contributed by atoms with van der Waals surface area (Å²) in [6.07, 6.45) is 1.00. The summed E-state index contributed by atoms with van der Waals surface area (Å²) in [5.74, 6) is 0.879. The summed E-state index contributed by atoms with van der Waals surface area (Å²) in [4.78, 5) is 2.12. The molecule has 1 rings (SSSR count). The molecule has 0 heterocycles. The lowest BCUT2D eigenvalue weighted by Crippen LogP contribution is -2.45. The van der Waals surface area contributed by atoms with E-state index in [1.54, 1.807) is 0 Å². The van der Waals surface area contributed by atoms with Crippen LogP contribution in [0.4, 0.5) is 0 Å². The van der Waals surface area contributed by atoms with E-state index in [4.69, 9.17) is 4.74 Å². The molecule has 0 saturated carbocycles. The maximum atomic E-state index is 9.71. The van der Waals surface area contributed by atoms with Gasteiger partial charge in [0.05, 0.1) is 18.8 Å². The summed E-state index contributed by atoms with van der Waals surface area (Å²) in [6.45, 7) is 6.68. The summed E-state index contributed by atoms with van der Waals surface area (Å²) in [6, 6.07) is 7.97. The molecule has 1 aromatic carbocycles. The minimum absolute atomic E-state index is 0.0651. The Bertz CT molecular complexity index is 379. The van der Waals surface area contributed by atoms with Crippen LogP contribution < -0.4 is 10.1 Å². The minimum Gasteiger partial charge on any atom is -0.494 e. The van der Waals surface area contributed by atoms with E-state index in [1.165, 1.54) is 0 Å². The maximum absolute atomic E-state index is 9.71. The molecule has 20 heavy (non-hydrogen) atoms. The lowest BCUT2D eigenvalue weighted by Gasteiger charge is -2.30. The van der Waals surface area contributed by atoms with Gasteiger partial charge < -0.3 is 20.1 Å². The normalized spacial score (nSPS) is 14.3. The van der Waals surface area contributed by atoms with Crippen LogP contribution >= 0.6 is 0 Å². The Morgan fingerprint density at radius 3 is 2.40 bits per heavy atom. The lowest BCUT2D eigenvalue weighted by atomic mass is 9.93. The highest BCUT2D eigenvalue weighted by Crippen LogP contribution is 2.23. The monoisotopic (exact) mass is 280 g/mol. The standard InChI is InChI=1S/C16H28N2O2/c1-5-12-20-15-8-6-14(7-9-15)16(2,13-19)17-10-11-18(3)4/h6-9,17,19H,5,10-13H2,1-4H3. The Labute approximate surface area is 122 Å². The molecule has 114 valence electrons. The highest BCUT2D eigenvalue weighted by molar-refractivity contribution is 5.31. The average Bonchev–Trinajstić information content (AvgIpc) is 2.45. The number of nitrogens with zero attached hydrogens (tertiary/aromatic N) is 1. The van der Waals surface area contributed by atoms with Crippen molar-refractivity contribution in [3.05, 3.63) is 29.8 Å². The van der Waals surface area contributed by atoms with Gasteiger partial charge in [-0.2, -0.15) is 0 Å². The van der Waals surface area contributed by atoms with E-state index in [1.807, 2.05) is 45.3 Å². The highest BCUT2D eigenvalue weighted by atomic mass is 16.5. The topological polar surface area (TPSA) is 44.7 Å². The van der Waals surface area contributed by atoms with E-state index in [9.17, 15) is 5.11 Å². The molecule has 0 fully saturated rings. The van der Waals surface area contributed by atoms with Crippen molar-refractivity contribution in [2.75, 3.05) is 40.4 Å². The molecule has 1 unspecified atom stereocenters. The van der Waals surface area contributed by atoms with Crippen LogP contribution in [-0.2, 0) is 5.54 Å². The van der Waals surface area contributed by atoms with Gasteiger partial charge >= 0.3 is 0 Å². The van der Waals surface area contributed by atoms with Crippen molar-refractivity contribution in [1.29, 1.82) is 0 Å². The molecule has 0 aliphatic heterocycles. The summed E-state index contributed by atoms with van der Waals surface area (Å²) < 4.78 is 5.58. The molecule has 1 atom stereocenters. The number of benzene rings is 1. The average molecular weight is 280 g/mol. The van der Waals surface area contributed by atoms with E-state index in [2.05, 4.69) is 17.1 Å². The Balaban J connectivity index is 2.67. The van der Waals surface area contributed by atoms with Crippen LogP contribution in [0.1, 0.15) is 25.8 Å². The summed E-state index contributed by atoms with van der Waals surface area (Å²) in [5.41, 5.74) is 0.654. The second-order valence-electron chi connectivity index (χ2n) is 5.59. The van der Waals surface area contributed by atoms with Crippen LogP contribution in [0.25, 0.3) is 0 Å². The third kappa shape index (κ3) is 5.12. The molecule has 0 saturated heterocycles. The Morgan fingerprint density at radius 2 is 1.90 bits per heavy atom. The van der Waals surface area contributed by atoms with Crippen LogP contribution in [0.2, 0.25) is 0 Å². The van der Waals surface area contributed by atoms with Gasteiger partial charge in [-0.3, -0.25) is 0 Å².